The van der Waals surface area contributed by atoms with E-state index in [1.54, 1.807) is 12.4 Å². The van der Waals surface area contributed by atoms with Crippen molar-refractivity contribution in [3.05, 3.63) is 89.2 Å². The third-order valence-corrected chi connectivity index (χ3v) is 5.18. The predicted molar refractivity (Wildman–Crippen MR) is 110 cm³/mol. The summed E-state index contributed by atoms with van der Waals surface area (Å²) < 4.78 is 0. The molecule has 1 aliphatic rings. The number of nitrogens with zero attached hydrogens (tertiary/aromatic N) is 4. The quantitative estimate of drug-likeness (QED) is 0.685. The van der Waals surface area contributed by atoms with Crippen LogP contribution in [-0.2, 0) is 19.5 Å². The summed E-state index contributed by atoms with van der Waals surface area (Å²) in [6, 6.07) is 18.6. The third-order valence-electron chi connectivity index (χ3n) is 5.18. The Morgan fingerprint density at radius 3 is 2.39 bits per heavy atom. The first-order valence-electron chi connectivity index (χ1n) is 9.71. The van der Waals surface area contributed by atoms with Gasteiger partial charge in [-0.2, -0.15) is 0 Å². The zero-order chi connectivity index (χ0) is 19.3. The number of carbonyl (C=O) groups excluding carboxylic acids is 1. The second-order valence-electron chi connectivity index (χ2n) is 7.02. The summed E-state index contributed by atoms with van der Waals surface area (Å²) in [6.45, 7) is 4.99. The van der Waals surface area contributed by atoms with Crippen LogP contribution in [0.1, 0.15) is 34.0 Å². The number of carbonyl (C=O) groups is 1. The fourth-order valence-corrected chi connectivity index (χ4v) is 3.57. The van der Waals surface area contributed by atoms with Crippen LogP contribution >= 0.6 is 0 Å². The lowest BCUT2D eigenvalue weighted by atomic mass is 9.99. The standard InChI is InChI=1S/C23H24N4O/c1-2-26(16-18-8-4-3-5-9-18)23-24-14-21(15-25-23)22(28)27-13-12-19-10-6-7-11-20(19)17-27/h3-11,14-15H,2,12-13,16-17H2,1H3. The molecule has 0 bridgehead atoms. The van der Waals surface area contributed by atoms with Crippen LogP contribution in [0.4, 0.5) is 5.95 Å². The molecule has 0 N–H and O–H groups in total. The maximum Gasteiger partial charge on any atom is 0.257 e. The van der Waals surface area contributed by atoms with E-state index in [1.165, 1.54) is 16.7 Å². The van der Waals surface area contributed by atoms with Gasteiger partial charge in [-0.05, 0) is 30.0 Å². The van der Waals surface area contributed by atoms with Crippen molar-refractivity contribution in [3.8, 4) is 0 Å². The van der Waals surface area contributed by atoms with E-state index in [0.29, 0.717) is 18.1 Å². The highest BCUT2D eigenvalue weighted by atomic mass is 16.2. The third kappa shape index (κ3) is 3.88. The number of rotatable bonds is 5. The fraction of sp³-hybridized carbons (Fsp3) is 0.261. The van der Waals surface area contributed by atoms with E-state index in [1.807, 2.05) is 29.2 Å². The van der Waals surface area contributed by atoms with Crippen molar-refractivity contribution in [3.63, 3.8) is 0 Å². The second kappa shape index (κ2) is 8.21. The Labute approximate surface area is 165 Å². The molecule has 4 rings (SSSR count). The lowest BCUT2D eigenvalue weighted by Crippen LogP contribution is -2.36. The molecule has 5 heteroatoms. The molecule has 28 heavy (non-hydrogen) atoms. The molecule has 0 saturated heterocycles. The van der Waals surface area contributed by atoms with Gasteiger partial charge in [0.2, 0.25) is 5.95 Å². The minimum atomic E-state index is -0.00726. The molecule has 1 aromatic heterocycles. The molecule has 0 radical (unpaired) electrons. The number of aromatic nitrogens is 2. The van der Waals surface area contributed by atoms with Crippen LogP contribution < -0.4 is 4.90 Å². The van der Waals surface area contributed by atoms with Crippen molar-refractivity contribution in [2.45, 2.75) is 26.4 Å². The Kier molecular flexibility index (Phi) is 5.33. The summed E-state index contributed by atoms with van der Waals surface area (Å²) in [7, 11) is 0. The lowest BCUT2D eigenvalue weighted by Gasteiger charge is -2.29. The van der Waals surface area contributed by atoms with Crippen LogP contribution in [0.25, 0.3) is 0 Å². The van der Waals surface area contributed by atoms with Crippen molar-refractivity contribution in [1.82, 2.24) is 14.9 Å². The zero-order valence-corrected chi connectivity index (χ0v) is 16.1. The summed E-state index contributed by atoms with van der Waals surface area (Å²) >= 11 is 0. The summed E-state index contributed by atoms with van der Waals surface area (Å²) in [6.07, 6.45) is 4.19. The topological polar surface area (TPSA) is 49.3 Å². The lowest BCUT2D eigenvalue weighted by molar-refractivity contribution is 0.0734. The maximum absolute atomic E-state index is 12.9. The van der Waals surface area contributed by atoms with E-state index < -0.39 is 0 Å². The minimum Gasteiger partial charge on any atom is -0.337 e. The number of hydrogen-bond acceptors (Lipinski definition) is 4. The SMILES string of the molecule is CCN(Cc1ccccc1)c1ncc(C(=O)N2CCc3ccccc3C2)cn1. The Morgan fingerprint density at radius 2 is 1.68 bits per heavy atom. The highest BCUT2D eigenvalue weighted by Crippen LogP contribution is 2.20. The van der Waals surface area contributed by atoms with Crippen LogP contribution in [0.15, 0.2) is 67.0 Å². The van der Waals surface area contributed by atoms with Gasteiger partial charge in [0.25, 0.3) is 5.91 Å². The number of amides is 1. The number of fused-ring (bicyclic) bond motifs is 1. The van der Waals surface area contributed by atoms with E-state index >= 15 is 0 Å². The average molecular weight is 372 g/mol. The van der Waals surface area contributed by atoms with Gasteiger partial charge < -0.3 is 9.80 Å². The molecule has 0 aliphatic carbocycles. The van der Waals surface area contributed by atoms with Gasteiger partial charge in [0.15, 0.2) is 0 Å². The first-order chi connectivity index (χ1) is 13.7. The summed E-state index contributed by atoms with van der Waals surface area (Å²) in [5, 5.41) is 0. The number of hydrogen-bond donors (Lipinski definition) is 0. The molecule has 1 amide bonds. The van der Waals surface area contributed by atoms with Crippen molar-refractivity contribution in [2.75, 3.05) is 18.0 Å². The average Bonchev–Trinajstić information content (AvgIpc) is 2.77. The Hall–Kier alpha value is -3.21. The first kappa shape index (κ1) is 18.2. The zero-order valence-electron chi connectivity index (χ0n) is 16.1. The largest absolute Gasteiger partial charge is 0.337 e. The molecule has 1 aliphatic heterocycles. The van der Waals surface area contributed by atoms with Gasteiger partial charge in [-0.15, -0.1) is 0 Å². The van der Waals surface area contributed by atoms with Crippen LogP contribution in [0.2, 0.25) is 0 Å². The maximum atomic E-state index is 12.9. The van der Waals surface area contributed by atoms with Crippen LogP contribution in [0.3, 0.4) is 0 Å². The monoisotopic (exact) mass is 372 g/mol. The Balaban J connectivity index is 1.46. The first-order valence-corrected chi connectivity index (χ1v) is 9.71. The van der Waals surface area contributed by atoms with Crippen molar-refractivity contribution in [1.29, 1.82) is 0 Å². The molecule has 0 spiro atoms. The van der Waals surface area contributed by atoms with E-state index in [9.17, 15) is 4.79 Å². The van der Waals surface area contributed by atoms with Crippen molar-refractivity contribution in [2.24, 2.45) is 0 Å². The molecule has 0 atom stereocenters. The molecule has 5 nitrogen and oxygen atoms in total. The molecule has 2 aromatic carbocycles. The molecule has 0 saturated carbocycles. The van der Waals surface area contributed by atoms with Gasteiger partial charge in [-0.25, -0.2) is 9.97 Å². The molecule has 3 aromatic rings. The molecule has 0 unspecified atom stereocenters. The van der Waals surface area contributed by atoms with Crippen molar-refractivity contribution < 1.29 is 4.79 Å². The van der Waals surface area contributed by atoms with Gasteiger partial charge >= 0.3 is 0 Å². The molecule has 2 heterocycles. The van der Waals surface area contributed by atoms with Gasteiger partial charge in [0.1, 0.15) is 0 Å². The summed E-state index contributed by atoms with van der Waals surface area (Å²) in [5.74, 6) is 0.638. The van der Waals surface area contributed by atoms with Crippen LogP contribution in [0.5, 0.6) is 0 Å². The van der Waals surface area contributed by atoms with Crippen LogP contribution in [0, 0.1) is 0 Å². The van der Waals surface area contributed by atoms with Gasteiger partial charge in [-0.3, -0.25) is 4.79 Å². The van der Waals surface area contributed by atoms with Gasteiger partial charge in [-0.1, -0.05) is 54.6 Å². The number of anilines is 1. The molecular weight excluding hydrogens is 348 g/mol. The van der Waals surface area contributed by atoms with E-state index in [0.717, 1.165) is 26.1 Å². The Morgan fingerprint density at radius 1 is 1.00 bits per heavy atom. The van der Waals surface area contributed by atoms with E-state index in [-0.39, 0.29) is 5.91 Å². The summed E-state index contributed by atoms with van der Waals surface area (Å²) in [5.41, 5.74) is 4.30. The molecular formula is C23H24N4O. The van der Waals surface area contributed by atoms with Gasteiger partial charge in [0, 0.05) is 38.6 Å². The normalized spacial score (nSPS) is 13.1. The smallest absolute Gasteiger partial charge is 0.257 e. The Bertz CT molecular complexity index is 940. The second-order valence-corrected chi connectivity index (χ2v) is 7.02. The highest BCUT2D eigenvalue weighted by molar-refractivity contribution is 5.93. The predicted octanol–water partition coefficient (Wildman–Crippen LogP) is 3.70. The van der Waals surface area contributed by atoms with E-state index in [4.69, 9.17) is 0 Å². The molecule has 142 valence electrons. The minimum absolute atomic E-state index is 0.00726. The van der Waals surface area contributed by atoms with Crippen LogP contribution in [-0.4, -0.2) is 33.9 Å². The summed E-state index contributed by atoms with van der Waals surface area (Å²) in [4.78, 5) is 25.8. The van der Waals surface area contributed by atoms with E-state index in [2.05, 4.69) is 52.1 Å². The number of benzene rings is 2. The fourth-order valence-electron chi connectivity index (χ4n) is 3.57. The van der Waals surface area contributed by atoms with Gasteiger partial charge in [0.05, 0.1) is 5.56 Å². The van der Waals surface area contributed by atoms with Crippen molar-refractivity contribution >= 4 is 11.9 Å². The highest BCUT2D eigenvalue weighted by Gasteiger charge is 2.22. The molecule has 0 fully saturated rings.